The summed E-state index contributed by atoms with van der Waals surface area (Å²) in [4.78, 5) is 8.79. The van der Waals surface area contributed by atoms with E-state index in [1.165, 1.54) is 0 Å². The lowest BCUT2D eigenvalue weighted by Gasteiger charge is -2.34. The van der Waals surface area contributed by atoms with Crippen molar-refractivity contribution < 1.29 is 17.7 Å². The van der Waals surface area contributed by atoms with Gasteiger partial charge in [0.1, 0.15) is 16.0 Å². The first kappa shape index (κ1) is 24.0. The Labute approximate surface area is 197 Å². The average molecular weight is 500 g/mol. The smallest absolute Gasteiger partial charge is 0.223 e. The third-order valence-corrected chi connectivity index (χ3v) is 10.2. The van der Waals surface area contributed by atoms with Crippen LogP contribution in [0.5, 0.6) is 5.88 Å². The summed E-state index contributed by atoms with van der Waals surface area (Å²) in [6, 6.07) is 1.68. The summed E-state index contributed by atoms with van der Waals surface area (Å²) in [6.45, 7) is 7.50. The number of halogens is 1. The molecule has 0 saturated heterocycles. The largest absolute Gasteiger partial charge is 0.598 e. The molecule has 0 aromatic carbocycles. The molecule has 0 radical (unpaired) electrons. The molecule has 0 amide bonds. The third-order valence-electron chi connectivity index (χ3n) is 6.19. The second-order valence-corrected chi connectivity index (χ2v) is 14.6. The summed E-state index contributed by atoms with van der Waals surface area (Å²) < 4.78 is 46.0. The summed E-state index contributed by atoms with van der Waals surface area (Å²) in [5.41, 5.74) is 0.928. The van der Waals surface area contributed by atoms with E-state index in [2.05, 4.69) is 14.7 Å². The van der Waals surface area contributed by atoms with Gasteiger partial charge in [-0.2, -0.15) is 0 Å². The Balaban J connectivity index is 1.62. The fraction of sp³-hybridized carbons (Fsp3) is 0.636. The van der Waals surface area contributed by atoms with Crippen molar-refractivity contribution in [1.82, 2.24) is 14.7 Å². The van der Waals surface area contributed by atoms with E-state index in [1.54, 1.807) is 25.4 Å². The summed E-state index contributed by atoms with van der Waals surface area (Å²) in [5, 5.41) is 1.61. The van der Waals surface area contributed by atoms with Gasteiger partial charge in [-0.15, -0.1) is 4.72 Å². The Morgan fingerprint density at radius 2 is 1.94 bits per heavy atom. The van der Waals surface area contributed by atoms with Gasteiger partial charge in [0.05, 0.1) is 16.7 Å². The van der Waals surface area contributed by atoms with Crippen LogP contribution < -0.4 is 9.46 Å². The van der Waals surface area contributed by atoms with E-state index in [-0.39, 0.29) is 23.1 Å². The number of nitrogens with zero attached hydrogens (tertiary/aromatic N) is 2. The molecule has 2 aliphatic rings. The second kappa shape index (κ2) is 8.91. The Kier molecular flexibility index (Phi) is 6.68. The van der Waals surface area contributed by atoms with Gasteiger partial charge in [0.15, 0.2) is 9.84 Å². The molecule has 1 unspecified atom stereocenters. The zero-order valence-electron chi connectivity index (χ0n) is 18.8. The zero-order chi connectivity index (χ0) is 23.3. The predicted octanol–water partition coefficient (Wildman–Crippen LogP) is 4.13. The summed E-state index contributed by atoms with van der Waals surface area (Å²) in [5.74, 6) is 0.960. The number of aromatic nitrogens is 2. The van der Waals surface area contributed by atoms with Gasteiger partial charge in [-0.25, -0.2) is 18.4 Å². The molecule has 32 heavy (non-hydrogen) atoms. The molecule has 2 heterocycles. The van der Waals surface area contributed by atoms with Gasteiger partial charge < -0.3 is 9.29 Å². The lowest BCUT2D eigenvalue weighted by Crippen LogP contribution is -2.43. The number of rotatable bonds is 8. The SMILES string of the molecule is CCS(=O)(=O)C1CC(Oc2ncc([C@@H](N[S+]([O-])C(C)(C)C)C3CC3)c3cc(Cl)ncc23)C1. The molecule has 2 atom stereocenters. The Morgan fingerprint density at radius 3 is 2.53 bits per heavy atom. The second-order valence-electron chi connectivity index (χ2n) is 9.67. The van der Waals surface area contributed by atoms with Crippen LogP contribution in [-0.4, -0.2) is 44.8 Å². The van der Waals surface area contributed by atoms with Crippen LogP contribution >= 0.6 is 11.6 Å². The Morgan fingerprint density at radius 1 is 1.25 bits per heavy atom. The van der Waals surface area contributed by atoms with Gasteiger partial charge in [-0.05, 0) is 51.0 Å². The highest BCUT2D eigenvalue weighted by atomic mass is 35.5. The van der Waals surface area contributed by atoms with Crippen molar-refractivity contribution >= 4 is 43.6 Å². The molecule has 0 spiro atoms. The molecule has 2 fully saturated rings. The highest BCUT2D eigenvalue weighted by molar-refractivity contribution is 7.92. The number of hydrogen-bond donors (Lipinski definition) is 1. The molecule has 0 bridgehead atoms. The number of sulfone groups is 1. The maximum Gasteiger partial charge on any atom is 0.223 e. The molecule has 1 N–H and O–H groups in total. The lowest BCUT2D eigenvalue weighted by atomic mass is 9.95. The first-order valence-electron chi connectivity index (χ1n) is 11.0. The monoisotopic (exact) mass is 499 g/mol. The molecular formula is C22H30ClN3O4S2. The molecule has 2 aliphatic carbocycles. The molecule has 176 valence electrons. The normalized spacial score (nSPS) is 23.6. The van der Waals surface area contributed by atoms with E-state index in [1.807, 2.05) is 20.8 Å². The van der Waals surface area contributed by atoms with Crippen molar-refractivity contribution in [3.63, 3.8) is 0 Å². The van der Waals surface area contributed by atoms with Crippen LogP contribution in [0.2, 0.25) is 5.15 Å². The van der Waals surface area contributed by atoms with E-state index in [0.29, 0.717) is 29.8 Å². The van der Waals surface area contributed by atoms with Crippen LogP contribution in [0.1, 0.15) is 65.0 Å². The predicted molar refractivity (Wildman–Crippen MR) is 128 cm³/mol. The number of fused-ring (bicyclic) bond motifs is 1. The molecule has 0 aliphatic heterocycles. The Hall–Kier alpha value is -1.13. The lowest BCUT2D eigenvalue weighted by molar-refractivity contribution is 0.119. The van der Waals surface area contributed by atoms with Crippen molar-refractivity contribution in [3.05, 3.63) is 29.2 Å². The van der Waals surface area contributed by atoms with Crippen LogP contribution in [0.15, 0.2) is 18.5 Å². The van der Waals surface area contributed by atoms with Crippen molar-refractivity contribution in [2.24, 2.45) is 5.92 Å². The fourth-order valence-electron chi connectivity index (χ4n) is 3.88. The first-order valence-corrected chi connectivity index (χ1v) is 14.2. The van der Waals surface area contributed by atoms with E-state index in [4.69, 9.17) is 16.3 Å². The maximum absolute atomic E-state index is 12.8. The minimum Gasteiger partial charge on any atom is -0.598 e. The van der Waals surface area contributed by atoms with Gasteiger partial charge in [0.25, 0.3) is 0 Å². The van der Waals surface area contributed by atoms with Crippen molar-refractivity contribution in [2.75, 3.05) is 5.75 Å². The Bertz CT molecular complexity index is 1100. The first-order chi connectivity index (χ1) is 15.0. The van der Waals surface area contributed by atoms with Gasteiger partial charge in [-0.1, -0.05) is 18.5 Å². The quantitative estimate of drug-likeness (QED) is 0.430. The minimum atomic E-state index is -3.05. The maximum atomic E-state index is 12.8. The van der Waals surface area contributed by atoms with E-state index in [9.17, 15) is 13.0 Å². The zero-order valence-corrected chi connectivity index (χ0v) is 21.2. The van der Waals surface area contributed by atoms with Crippen molar-refractivity contribution in [2.45, 2.75) is 75.5 Å². The minimum absolute atomic E-state index is 0.111. The standard InChI is InChI=1S/C22H30ClN3O4S2/c1-5-32(28,29)15-8-14(9-15)30-21-18-12-24-19(23)10-16(18)17(11-25-21)20(13-6-7-13)26-31(27)22(2,3)4/h10-15,20,26H,5-9H2,1-4H3/t14?,15?,20-,31?/m0/s1. The molecule has 2 saturated carbocycles. The van der Waals surface area contributed by atoms with Crippen LogP contribution in [0.25, 0.3) is 10.8 Å². The van der Waals surface area contributed by atoms with E-state index < -0.39 is 25.9 Å². The third kappa shape index (κ3) is 5.01. The number of ether oxygens (including phenoxy) is 1. The molecule has 7 nitrogen and oxygen atoms in total. The highest BCUT2D eigenvalue weighted by Crippen LogP contribution is 2.45. The number of pyridine rings is 2. The molecule has 10 heteroatoms. The summed E-state index contributed by atoms with van der Waals surface area (Å²) >= 11 is 5.00. The average Bonchev–Trinajstić information content (AvgIpc) is 3.52. The van der Waals surface area contributed by atoms with E-state index >= 15 is 0 Å². The number of hydrogen-bond acceptors (Lipinski definition) is 7. The molecule has 2 aromatic rings. The summed E-state index contributed by atoms with van der Waals surface area (Å²) in [7, 11) is -3.05. The molecule has 2 aromatic heterocycles. The van der Waals surface area contributed by atoms with Gasteiger partial charge in [0, 0.05) is 47.9 Å². The number of nitrogens with one attached hydrogen (secondary N) is 1. The van der Waals surface area contributed by atoms with Crippen LogP contribution in [0.4, 0.5) is 0 Å². The van der Waals surface area contributed by atoms with Gasteiger partial charge >= 0.3 is 0 Å². The van der Waals surface area contributed by atoms with Crippen molar-refractivity contribution in [3.8, 4) is 5.88 Å². The van der Waals surface area contributed by atoms with Crippen LogP contribution in [-0.2, 0) is 21.2 Å². The van der Waals surface area contributed by atoms with Gasteiger partial charge in [-0.3, -0.25) is 0 Å². The molecule has 4 rings (SSSR count). The highest BCUT2D eigenvalue weighted by Gasteiger charge is 2.41. The topological polar surface area (TPSA) is 104 Å². The van der Waals surface area contributed by atoms with Crippen LogP contribution in [0.3, 0.4) is 0 Å². The fourth-order valence-corrected chi connectivity index (χ4v) is 6.43. The van der Waals surface area contributed by atoms with Crippen LogP contribution in [0, 0.1) is 5.92 Å². The van der Waals surface area contributed by atoms with Crippen molar-refractivity contribution in [1.29, 1.82) is 0 Å². The van der Waals surface area contributed by atoms with E-state index in [0.717, 1.165) is 29.2 Å². The van der Waals surface area contributed by atoms with Gasteiger partial charge in [0.2, 0.25) is 5.88 Å². The molecular weight excluding hydrogens is 470 g/mol. The summed E-state index contributed by atoms with van der Waals surface area (Å²) in [6.07, 6.45) is 6.29.